The molecule has 0 bridgehead atoms. The van der Waals surface area contributed by atoms with Crippen LogP contribution in [-0.2, 0) is 4.79 Å². The van der Waals surface area contributed by atoms with Crippen LogP contribution in [0.5, 0.6) is 5.75 Å². The summed E-state index contributed by atoms with van der Waals surface area (Å²) in [5.74, 6) is 1.73. The van der Waals surface area contributed by atoms with Gasteiger partial charge in [-0.2, -0.15) is 0 Å². The van der Waals surface area contributed by atoms with E-state index in [1.165, 1.54) is 0 Å². The first kappa shape index (κ1) is 17.8. The topological polar surface area (TPSA) is 41.6 Å². The van der Waals surface area contributed by atoms with Crippen LogP contribution in [0.3, 0.4) is 0 Å². The molecule has 1 aliphatic rings. The SMILES string of the molecule is COc1ccc(C(CC(C)C)NC(=O)C2CCN(C)CC2)cc1. The van der Waals surface area contributed by atoms with Gasteiger partial charge in [-0.25, -0.2) is 0 Å². The maximum Gasteiger partial charge on any atom is 0.223 e. The van der Waals surface area contributed by atoms with Gasteiger partial charge in [-0.1, -0.05) is 26.0 Å². The van der Waals surface area contributed by atoms with E-state index in [2.05, 4.69) is 43.2 Å². The van der Waals surface area contributed by atoms with Crippen LogP contribution in [0.1, 0.15) is 44.7 Å². The summed E-state index contributed by atoms with van der Waals surface area (Å²) in [6.45, 7) is 6.40. The highest BCUT2D eigenvalue weighted by Crippen LogP contribution is 2.25. The average molecular weight is 318 g/mol. The van der Waals surface area contributed by atoms with E-state index in [4.69, 9.17) is 4.74 Å². The van der Waals surface area contributed by atoms with E-state index in [-0.39, 0.29) is 17.9 Å². The van der Waals surface area contributed by atoms with Gasteiger partial charge >= 0.3 is 0 Å². The first-order valence-electron chi connectivity index (χ1n) is 8.62. The zero-order valence-corrected chi connectivity index (χ0v) is 14.8. The van der Waals surface area contributed by atoms with E-state index in [9.17, 15) is 4.79 Å². The van der Waals surface area contributed by atoms with Gasteiger partial charge in [0.1, 0.15) is 5.75 Å². The largest absolute Gasteiger partial charge is 0.497 e. The van der Waals surface area contributed by atoms with Crippen molar-refractivity contribution in [3.05, 3.63) is 29.8 Å². The van der Waals surface area contributed by atoms with Crippen LogP contribution in [0.15, 0.2) is 24.3 Å². The molecule has 0 radical (unpaired) electrons. The minimum absolute atomic E-state index is 0.0769. The van der Waals surface area contributed by atoms with Gasteiger partial charge in [-0.05, 0) is 63.0 Å². The lowest BCUT2D eigenvalue weighted by Crippen LogP contribution is -2.40. The Morgan fingerprint density at radius 2 is 1.87 bits per heavy atom. The average Bonchev–Trinajstić information content (AvgIpc) is 2.54. The van der Waals surface area contributed by atoms with E-state index in [1.54, 1.807) is 7.11 Å². The van der Waals surface area contributed by atoms with Crippen molar-refractivity contribution >= 4 is 5.91 Å². The molecule has 0 aliphatic carbocycles. The Morgan fingerprint density at radius 1 is 1.26 bits per heavy atom. The third kappa shape index (κ3) is 5.24. The third-order valence-corrected chi connectivity index (χ3v) is 4.63. The molecule has 1 aromatic carbocycles. The molecule has 1 amide bonds. The molecule has 128 valence electrons. The molecule has 4 nitrogen and oxygen atoms in total. The molecule has 1 N–H and O–H groups in total. The Balaban J connectivity index is 2.03. The Labute approximate surface area is 140 Å². The molecule has 23 heavy (non-hydrogen) atoms. The van der Waals surface area contributed by atoms with Gasteiger partial charge in [0.05, 0.1) is 13.2 Å². The monoisotopic (exact) mass is 318 g/mol. The number of amides is 1. The van der Waals surface area contributed by atoms with Crippen LogP contribution in [0.25, 0.3) is 0 Å². The molecule has 1 unspecified atom stereocenters. The molecule has 0 saturated carbocycles. The summed E-state index contributed by atoms with van der Waals surface area (Å²) < 4.78 is 5.22. The second kappa shape index (κ2) is 8.34. The molecular weight excluding hydrogens is 288 g/mol. The number of hydrogen-bond donors (Lipinski definition) is 1. The Bertz CT molecular complexity index is 491. The van der Waals surface area contributed by atoms with Gasteiger partial charge in [0.15, 0.2) is 0 Å². The normalized spacial score (nSPS) is 18.0. The lowest BCUT2D eigenvalue weighted by atomic mass is 9.93. The van der Waals surface area contributed by atoms with Crippen molar-refractivity contribution in [1.29, 1.82) is 0 Å². The fraction of sp³-hybridized carbons (Fsp3) is 0.632. The van der Waals surface area contributed by atoms with Crippen LogP contribution < -0.4 is 10.1 Å². The first-order chi connectivity index (χ1) is 11.0. The van der Waals surface area contributed by atoms with Crippen LogP contribution in [-0.4, -0.2) is 38.1 Å². The molecule has 0 spiro atoms. The molecular formula is C19H30N2O2. The Morgan fingerprint density at radius 3 is 2.39 bits per heavy atom. The Hall–Kier alpha value is -1.55. The number of methoxy groups -OCH3 is 1. The van der Waals surface area contributed by atoms with Gasteiger partial charge in [-0.3, -0.25) is 4.79 Å². The lowest BCUT2D eigenvalue weighted by Gasteiger charge is -2.30. The van der Waals surface area contributed by atoms with Crippen molar-refractivity contribution < 1.29 is 9.53 Å². The van der Waals surface area contributed by atoms with Gasteiger partial charge in [0, 0.05) is 5.92 Å². The first-order valence-corrected chi connectivity index (χ1v) is 8.62. The number of carbonyl (C=O) groups is 1. The van der Waals surface area contributed by atoms with Crippen LogP contribution in [0.2, 0.25) is 0 Å². The molecule has 0 aromatic heterocycles. The molecule has 1 atom stereocenters. The zero-order chi connectivity index (χ0) is 16.8. The number of piperidine rings is 1. The summed E-state index contributed by atoms with van der Waals surface area (Å²) >= 11 is 0. The predicted molar refractivity (Wildman–Crippen MR) is 93.6 cm³/mol. The van der Waals surface area contributed by atoms with Crippen molar-refractivity contribution in [2.24, 2.45) is 11.8 Å². The molecule has 1 aromatic rings. The van der Waals surface area contributed by atoms with Crippen molar-refractivity contribution in [2.45, 2.75) is 39.2 Å². The maximum absolute atomic E-state index is 12.6. The van der Waals surface area contributed by atoms with E-state index >= 15 is 0 Å². The summed E-state index contributed by atoms with van der Waals surface area (Å²) in [6.07, 6.45) is 2.86. The summed E-state index contributed by atoms with van der Waals surface area (Å²) in [5, 5.41) is 3.29. The highest BCUT2D eigenvalue weighted by Gasteiger charge is 2.26. The Kier molecular flexibility index (Phi) is 6.46. The zero-order valence-electron chi connectivity index (χ0n) is 14.8. The van der Waals surface area contributed by atoms with E-state index in [1.807, 2.05) is 12.1 Å². The number of rotatable bonds is 6. The van der Waals surface area contributed by atoms with E-state index < -0.39 is 0 Å². The fourth-order valence-corrected chi connectivity index (χ4v) is 3.15. The van der Waals surface area contributed by atoms with E-state index in [0.29, 0.717) is 5.92 Å². The number of ether oxygens (including phenoxy) is 1. The number of carbonyl (C=O) groups excluding carboxylic acids is 1. The van der Waals surface area contributed by atoms with Crippen LogP contribution >= 0.6 is 0 Å². The molecule has 1 aliphatic heterocycles. The smallest absolute Gasteiger partial charge is 0.223 e. The van der Waals surface area contributed by atoms with Gasteiger partial charge < -0.3 is 15.0 Å². The summed E-state index contributed by atoms with van der Waals surface area (Å²) in [5.41, 5.74) is 1.15. The minimum atomic E-state index is 0.0769. The van der Waals surface area contributed by atoms with Gasteiger partial charge in [0.25, 0.3) is 0 Å². The van der Waals surface area contributed by atoms with Gasteiger partial charge in [0.2, 0.25) is 5.91 Å². The van der Waals surface area contributed by atoms with Crippen LogP contribution in [0, 0.1) is 11.8 Å². The summed E-state index contributed by atoms with van der Waals surface area (Å²) in [7, 11) is 3.79. The predicted octanol–water partition coefficient (Wildman–Crippen LogP) is 3.24. The van der Waals surface area contributed by atoms with Crippen molar-refractivity contribution in [2.75, 3.05) is 27.2 Å². The van der Waals surface area contributed by atoms with Gasteiger partial charge in [-0.15, -0.1) is 0 Å². The number of hydrogen-bond acceptors (Lipinski definition) is 3. The molecule has 4 heteroatoms. The minimum Gasteiger partial charge on any atom is -0.497 e. The second-order valence-electron chi connectivity index (χ2n) is 7.04. The molecule has 1 fully saturated rings. The quantitative estimate of drug-likeness (QED) is 0.875. The molecule has 1 heterocycles. The number of nitrogens with zero attached hydrogens (tertiary/aromatic N) is 1. The highest BCUT2D eigenvalue weighted by atomic mass is 16.5. The molecule has 1 saturated heterocycles. The number of benzene rings is 1. The summed E-state index contributed by atoms with van der Waals surface area (Å²) in [6, 6.07) is 8.11. The summed E-state index contributed by atoms with van der Waals surface area (Å²) in [4.78, 5) is 14.9. The third-order valence-electron chi connectivity index (χ3n) is 4.63. The standard InChI is InChI=1S/C19H30N2O2/c1-14(2)13-18(15-5-7-17(23-4)8-6-15)20-19(22)16-9-11-21(3)12-10-16/h5-8,14,16,18H,9-13H2,1-4H3,(H,20,22). The number of likely N-dealkylation sites (tertiary alicyclic amines) is 1. The highest BCUT2D eigenvalue weighted by molar-refractivity contribution is 5.79. The maximum atomic E-state index is 12.6. The van der Waals surface area contributed by atoms with Crippen LogP contribution in [0.4, 0.5) is 0 Å². The van der Waals surface area contributed by atoms with Crippen molar-refractivity contribution in [1.82, 2.24) is 10.2 Å². The van der Waals surface area contributed by atoms with Crippen molar-refractivity contribution in [3.63, 3.8) is 0 Å². The number of nitrogens with one attached hydrogen (secondary N) is 1. The fourth-order valence-electron chi connectivity index (χ4n) is 3.15. The second-order valence-corrected chi connectivity index (χ2v) is 7.04. The molecule has 2 rings (SSSR count). The lowest BCUT2D eigenvalue weighted by molar-refractivity contribution is -0.127. The van der Waals surface area contributed by atoms with E-state index in [0.717, 1.165) is 43.7 Å². The van der Waals surface area contributed by atoms with Crippen molar-refractivity contribution in [3.8, 4) is 5.75 Å².